The van der Waals surface area contributed by atoms with Gasteiger partial charge in [0.25, 0.3) is 5.91 Å². The van der Waals surface area contributed by atoms with Gasteiger partial charge in [0, 0.05) is 47.1 Å². The third-order valence-corrected chi connectivity index (χ3v) is 4.59. The summed E-state index contributed by atoms with van der Waals surface area (Å²) < 4.78 is 7.59. The van der Waals surface area contributed by atoms with Gasteiger partial charge in [-0.3, -0.25) is 13.9 Å². The summed E-state index contributed by atoms with van der Waals surface area (Å²) >= 11 is 4.40. The number of amides is 1. The summed E-state index contributed by atoms with van der Waals surface area (Å²) in [6.07, 6.45) is 4.87. The molecule has 22 heavy (non-hydrogen) atoms. The molecule has 0 saturated heterocycles. The van der Waals surface area contributed by atoms with Crippen LogP contribution < -0.4 is 4.34 Å². The van der Waals surface area contributed by atoms with Gasteiger partial charge in [-0.05, 0) is 17.9 Å². The zero-order valence-corrected chi connectivity index (χ0v) is 14.6. The summed E-state index contributed by atoms with van der Waals surface area (Å²) in [6, 6.07) is 3.67. The second-order valence-corrected chi connectivity index (χ2v) is 6.05. The molecule has 0 spiro atoms. The van der Waals surface area contributed by atoms with Crippen molar-refractivity contribution in [3.63, 3.8) is 0 Å². The number of carbonyl (C=O) groups excluding carboxylic acids is 2. The quantitative estimate of drug-likeness (QED) is 0.579. The number of Topliss-reactive ketones (excluding diaryl/α,β-unsaturated/α-hetero) is 1. The van der Waals surface area contributed by atoms with Crippen LogP contribution in [0.15, 0.2) is 41.1 Å². The van der Waals surface area contributed by atoms with Crippen LogP contribution in [0.1, 0.15) is 22.5 Å². The number of hydrogen-bond acceptors (Lipinski definition) is 5. The Morgan fingerprint density at radius 1 is 1.50 bits per heavy atom. The number of carbonyl (C=O) groups is 2. The van der Waals surface area contributed by atoms with Crippen LogP contribution in [0.5, 0.6) is 0 Å². The maximum atomic E-state index is 12.3. The van der Waals surface area contributed by atoms with Crippen molar-refractivity contribution in [1.82, 2.24) is 9.24 Å². The van der Waals surface area contributed by atoms with Gasteiger partial charge in [-0.1, -0.05) is 12.1 Å². The molecule has 1 amide bonds. The van der Waals surface area contributed by atoms with Crippen molar-refractivity contribution in [2.24, 2.45) is 0 Å². The van der Waals surface area contributed by atoms with Crippen molar-refractivity contribution in [3.8, 4) is 0 Å². The highest BCUT2D eigenvalue weighted by Gasteiger charge is 2.23. The Labute approximate surface area is 142 Å². The maximum Gasteiger partial charge on any atom is 0.259 e. The molecule has 1 N–H and O–H groups in total. The van der Waals surface area contributed by atoms with Gasteiger partial charge in [0.05, 0.1) is 18.0 Å². The molecule has 1 aliphatic rings. The predicted molar refractivity (Wildman–Crippen MR) is 89.7 cm³/mol. The highest BCUT2D eigenvalue weighted by Crippen LogP contribution is 2.24. The number of methoxy groups -OCH3 is 1. The zero-order chi connectivity index (χ0) is 15.9. The lowest BCUT2D eigenvalue weighted by molar-refractivity contribution is -0.115. The van der Waals surface area contributed by atoms with E-state index in [1.54, 1.807) is 7.11 Å². The number of ether oxygens (including phenoxy) is 1. The number of rotatable bonds is 7. The summed E-state index contributed by atoms with van der Waals surface area (Å²) in [5.41, 5.74) is 1.47. The first-order valence-corrected chi connectivity index (χ1v) is 8.46. The van der Waals surface area contributed by atoms with E-state index in [2.05, 4.69) is 20.5 Å². The fraction of sp³-hybridized carbons (Fsp3) is 0.333. The van der Waals surface area contributed by atoms with E-state index in [0.29, 0.717) is 25.0 Å². The topological polar surface area (TPSA) is 58.6 Å². The van der Waals surface area contributed by atoms with E-state index in [4.69, 9.17) is 4.74 Å². The first-order chi connectivity index (χ1) is 10.7. The highest BCUT2D eigenvalue weighted by atomic mass is 79.9. The lowest BCUT2D eigenvalue weighted by Gasteiger charge is -2.28. The molecule has 2 rings (SSSR count). The van der Waals surface area contributed by atoms with Gasteiger partial charge < -0.3 is 9.64 Å². The number of thiophene rings is 1. The smallest absolute Gasteiger partial charge is 0.259 e. The van der Waals surface area contributed by atoms with E-state index in [9.17, 15) is 9.59 Å². The number of hydrogen-bond donors (Lipinski definition) is 1. The second-order valence-electron chi connectivity index (χ2n) is 4.71. The van der Waals surface area contributed by atoms with Crippen molar-refractivity contribution >= 4 is 39.2 Å². The van der Waals surface area contributed by atoms with Crippen LogP contribution >= 0.6 is 27.5 Å². The van der Waals surface area contributed by atoms with Crippen LogP contribution in [0, 0.1) is 0 Å². The number of nitrogens with one attached hydrogen (secondary N) is 1. The molecule has 7 heteroatoms. The minimum atomic E-state index is -0.191. The molecule has 0 aliphatic carbocycles. The van der Waals surface area contributed by atoms with E-state index in [1.165, 1.54) is 11.3 Å². The van der Waals surface area contributed by atoms with Gasteiger partial charge in [0.2, 0.25) is 0 Å². The van der Waals surface area contributed by atoms with E-state index < -0.39 is 0 Å². The van der Waals surface area contributed by atoms with Crippen molar-refractivity contribution in [3.05, 3.63) is 45.9 Å². The van der Waals surface area contributed by atoms with Crippen LogP contribution in [0.3, 0.4) is 0 Å². The van der Waals surface area contributed by atoms with Crippen molar-refractivity contribution in [2.45, 2.75) is 12.8 Å². The number of nitrogens with zero attached hydrogens (tertiary/aromatic N) is 1. The summed E-state index contributed by atoms with van der Waals surface area (Å²) in [6.45, 7) is 0.709. The van der Waals surface area contributed by atoms with Gasteiger partial charge >= 0.3 is 0 Å². The molecule has 1 aliphatic heterocycles. The van der Waals surface area contributed by atoms with Crippen molar-refractivity contribution in [2.75, 3.05) is 20.3 Å². The summed E-state index contributed by atoms with van der Waals surface area (Å²) in [5, 5.41) is 1.88. The SMILES string of the molecule is COCCC1=C(C(=O)NBr)CC=CN1CC(=O)c1cccs1. The normalized spacial score (nSPS) is 14.4. The minimum absolute atomic E-state index is 0.0371. The van der Waals surface area contributed by atoms with Gasteiger partial charge in [-0.25, -0.2) is 0 Å². The van der Waals surface area contributed by atoms with Gasteiger partial charge in [0.1, 0.15) is 0 Å². The molecule has 0 aromatic carbocycles. The van der Waals surface area contributed by atoms with E-state index >= 15 is 0 Å². The number of halogens is 1. The molecule has 5 nitrogen and oxygen atoms in total. The fourth-order valence-corrected chi connectivity index (χ4v) is 3.17. The zero-order valence-electron chi connectivity index (χ0n) is 12.2. The third kappa shape index (κ3) is 4.06. The minimum Gasteiger partial charge on any atom is -0.384 e. The van der Waals surface area contributed by atoms with Gasteiger partial charge in [0.15, 0.2) is 5.78 Å². The summed E-state index contributed by atoms with van der Waals surface area (Å²) in [7, 11) is 1.62. The molecular weight excluding hydrogens is 368 g/mol. The Hall–Kier alpha value is -1.44. The van der Waals surface area contributed by atoms with Crippen LogP contribution in [-0.2, 0) is 9.53 Å². The molecule has 1 aromatic rings. The van der Waals surface area contributed by atoms with Gasteiger partial charge in [-0.15, -0.1) is 11.3 Å². The summed E-state index contributed by atoms with van der Waals surface area (Å²) in [5.74, 6) is -0.154. The average molecular weight is 385 g/mol. The van der Waals surface area contributed by atoms with Crippen LogP contribution in [-0.4, -0.2) is 36.9 Å². The molecular formula is C15H17BrN2O3S. The summed E-state index contributed by atoms with van der Waals surface area (Å²) in [4.78, 5) is 26.9. The molecule has 0 atom stereocenters. The fourth-order valence-electron chi connectivity index (χ4n) is 2.27. The highest BCUT2D eigenvalue weighted by molar-refractivity contribution is 9.08. The molecule has 0 radical (unpaired) electrons. The number of ketones is 1. The predicted octanol–water partition coefficient (Wildman–Crippen LogP) is 2.87. The number of allylic oxidation sites excluding steroid dienone is 1. The Morgan fingerprint density at radius 2 is 2.32 bits per heavy atom. The first kappa shape index (κ1) is 16.9. The van der Waals surface area contributed by atoms with E-state index in [1.807, 2.05) is 34.7 Å². The van der Waals surface area contributed by atoms with Crippen molar-refractivity contribution < 1.29 is 14.3 Å². The Morgan fingerprint density at radius 3 is 2.95 bits per heavy atom. The van der Waals surface area contributed by atoms with Crippen molar-refractivity contribution in [1.29, 1.82) is 0 Å². The lowest BCUT2D eigenvalue weighted by Crippen LogP contribution is -2.31. The molecule has 0 unspecified atom stereocenters. The van der Waals surface area contributed by atoms with E-state index in [-0.39, 0.29) is 18.2 Å². The Balaban J connectivity index is 2.21. The molecule has 118 valence electrons. The largest absolute Gasteiger partial charge is 0.384 e. The Bertz CT molecular complexity index is 596. The van der Waals surface area contributed by atoms with Crippen LogP contribution in [0.2, 0.25) is 0 Å². The van der Waals surface area contributed by atoms with Gasteiger partial charge in [-0.2, -0.15) is 0 Å². The molecule has 1 aromatic heterocycles. The maximum absolute atomic E-state index is 12.3. The van der Waals surface area contributed by atoms with Crippen LogP contribution in [0.4, 0.5) is 0 Å². The molecule has 0 bridgehead atoms. The first-order valence-electron chi connectivity index (χ1n) is 6.79. The van der Waals surface area contributed by atoms with Crippen LogP contribution in [0.25, 0.3) is 0 Å². The average Bonchev–Trinajstić information content (AvgIpc) is 3.07. The monoisotopic (exact) mass is 384 g/mol. The molecule has 0 saturated carbocycles. The second kappa shape index (κ2) is 8.26. The standard InChI is InChI=1S/C15H17BrN2O3S/c1-21-8-6-12-11(15(20)17-16)4-2-7-18(12)10-13(19)14-5-3-9-22-14/h2-3,5,7,9H,4,6,8,10H2,1H3,(H,17,20). The lowest BCUT2D eigenvalue weighted by atomic mass is 10.0. The molecule has 2 heterocycles. The molecule has 0 fully saturated rings. The third-order valence-electron chi connectivity index (χ3n) is 3.32. The Kier molecular flexibility index (Phi) is 6.35. The van der Waals surface area contributed by atoms with E-state index in [0.717, 1.165) is 10.6 Å².